The first-order valence-electron chi connectivity index (χ1n) is 5.40. The number of carbonyl (C=O) groups is 3. The summed E-state index contributed by atoms with van der Waals surface area (Å²) in [4.78, 5) is 34.7. The van der Waals surface area contributed by atoms with Crippen molar-refractivity contribution in [3.8, 4) is 0 Å². The van der Waals surface area contributed by atoms with Crippen molar-refractivity contribution in [2.24, 2.45) is 0 Å². The van der Waals surface area contributed by atoms with E-state index in [1.165, 1.54) is 0 Å². The Bertz CT molecular complexity index is 471. The molecule has 0 fully saturated rings. The van der Waals surface area contributed by atoms with Crippen LogP contribution in [0.1, 0.15) is 9.75 Å². The molecular formula is C11H14N2O5S. The molecule has 1 heterocycles. The second kappa shape index (κ2) is 7.49. The number of aryl methyl sites for hydroxylation is 1. The monoisotopic (exact) mass is 286 g/mol. The molecule has 0 atom stereocenters. The van der Waals surface area contributed by atoms with Crippen LogP contribution in [0.25, 0.3) is 0 Å². The Hall–Kier alpha value is -1.93. The Morgan fingerprint density at radius 3 is 2.63 bits per heavy atom. The molecule has 0 saturated carbocycles. The van der Waals surface area contributed by atoms with Crippen LogP contribution < -0.4 is 10.6 Å². The van der Waals surface area contributed by atoms with Gasteiger partial charge in [-0.3, -0.25) is 10.1 Å². The number of hydrogen-bond donors (Lipinski definition) is 3. The Kier molecular flexibility index (Phi) is 5.97. The largest absolute Gasteiger partial charge is 0.480 e. The fourth-order valence-corrected chi connectivity index (χ4v) is 2.02. The highest BCUT2D eigenvalue weighted by atomic mass is 32.1. The lowest BCUT2D eigenvalue weighted by Gasteiger charge is -2.05. The van der Waals surface area contributed by atoms with E-state index in [1.807, 2.05) is 24.4 Å². The average Bonchev–Trinajstić information content (AvgIpc) is 2.72. The van der Waals surface area contributed by atoms with Gasteiger partial charge in [0.15, 0.2) is 0 Å². The summed E-state index contributed by atoms with van der Waals surface area (Å²) in [6.45, 7) is 1.23. The van der Waals surface area contributed by atoms with Gasteiger partial charge in [0.1, 0.15) is 13.2 Å². The van der Waals surface area contributed by atoms with E-state index in [9.17, 15) is 14.4 Å². The van der Waals surface area contributed by atoms with Crippen LogP contribution in [0.3, 0.4) is 0 Å². The van der Waals surface area contributed by atoms with Crippen molar-refractivity contribution >= 4 is 29.2 Å². The molecule has 1 rings (SSSR count). The molecule has 0 spiro atoms. The third kappa shape index (κ3) is 6.53. The number of carbonyl (C=O) groups excluding carboxylic acids is 2. The molecule has 19 heavy (non-hydrogen) atoms. The minimum absolute atomic E-state index is 0.327. The molecule has 0 bridgehead atoms. The van der Waals surface area contributed by atoms with Crippen molar-refractivity contribution in [2.45, 2.75) is 13.5 Å². The summed E-state index contributed by atoms with van der Waals surface area (Å²) >= 11 is 1.55. The Balaban J connectivity index is 2.19. The summed E-state index contributed by atoms with van der Waals surface area (Å²) in [7, 11) is 0. The van der Waals surface area contributed by atoms with Gasteiger partial charge in [-0.15, -0.1) is 11.3 Å². The van der Waals surface area contributed by atoms with E-state index < -0.39 is 31.1 Å². The van der Waals surface area contributed by atoms with Gasteiger partial charge in [0.05, 0.1) is 6.54 Å². The molecule has 0 aliphatic carbocycles. The number of hydrogen-bond acceptors (Lipinski definition) is 5. The Morgan fingerprint density at radius 2 is 2.05 bits per heavy atom. The second-order valence-corrected chi connectivity index (χ2v) is 5.00. The molecular weight excluding hydrogens is 272 g/mol. The molecule has 8 heteroatoms. The third-order valence-electron chi connectivity index (χ3n) is 1.93. The normalized spacial score (nSPS) is 9.95. The van der Waals surface area contributed by atoms with Gasteiger partial charge in [0.2, 0.25) is 0 Å². The number of imide groups is 1. The number of urea groups is 1. The van der Waals surface area contributed by atoms with Gasteiger partial charge in [-0.2, -0.15) is 0 Å². The number of rotatable bonds is 6. The number of aliphatic carboxylic acids is 1. The van der Waals surface area contributed by atoms with Crippen LogP contribution in [0, 0.1) is 6.92 Å². The van der Waals surface area contributed by atoms with E-state index in [2.05, 4.69) is 10.1 Å². The minimum Gasteiger partial charge on any atom is -0.480 e. The van der Waals surface area contributed by atoms with Gasteiger partial charge >= 0.3 is 12.0 Å². The second-order valence-electron chi connectivity index (χ2n) is 3.63. The number of carboxylic acids is 1. The SMILES string of the molecule is Cc1ccc(CNC(=O)NC(=O)COCC(=O)O)s1. The summed E-state index contributed by atoms with van der Waals surface area (Å²) in [5.41, 5.74) is 0. The quantitative estimate of drug-likeness (QED) is 0.705. The predicted octanol–water partition coefficient (Wildman–Crippen LogP) is 0.484. The van der Waals surface area contributed by atoms with Crippen molar-refractivity contribution in [3.63, 3.8) is 0 Å². The van der Waals surface area contributed by atoms with E-state index in [0.29, 0.717) is 6.54 Å². The van der Waals surface area contributed by atoms with Crippen LogP contribution in [0.15, 0.2) is 12.1 Å². The number of ether oxygens (including phenoxy) is 1. The van der Waals surface area contributed by atoms with Crippen LogP contribution in [0.4, 0.5) is 4.79 Å². The highest BCUT2D eigenvalue weighted by Gasteiger charge is 2.08. The fourth-order valence-electron chi connectivity index (χ4n) is 1.19. The molecule has 0 radical (unpaired) electrons. The number of amides is 3. The molecule has 3 amide bonds. The molecule has 3 N–H and O–H groups in total. The van der Waals surface area contributed by atoms with Crippen molar-refractivity contribution in [2.75, 3.05) is 13.2 Å². The summed E-state index contributed by atoms with van der Waals surface area (Å²) in [5.74, 6) is -1.87. The van der Waals surface area contributed by atoms with E-state index in [0.717, 1.165) is 9.75 Å². The zero-order valence-corrected chi connectivity index (χ0v) is 11.1. The van der Waals surface area contributed by atoms with Gasteiger partial charge in [-0.05, 0) is 19.1 Å². The van der Waals surface area contributed by atoms with E-state index in [1.54, 1.807) is 11.3 Å². The number of nitrogens with one attached hydrogen (secondary N) is 2. The topological polar surface area (TPSA) is 105 Å². The maximum Gasteiger partial charge on any atom is 0.329 e. The molecule has 0 aliphatic heterocycles. The highest BCUT2D eigenvalue weighted by molar-refractivity contribution is 7.11. The summed E-state index contributed by atoms with van der Waals surface area (Å²) < 4.78 is 4.53. The first kappa shape index (κ1) is 15.1. The number of thiophene rings is 1. The van der Waals surface area contributed by atoms with Gasteiger partial charge in [0.25, 0.3) is 5.91 Å². The van der Waals surface area contributed by atoms with Gasteiger partial charge in [0, 0.05) is 9.75 Å². The molecule has 104 valence electrons. The summed E-state index contributed by atoms with van der Waals surface area (Å²) in [6.07, 6.45) is 0. The molecule has 0 unspecified atom stereocenters. The maximum absolute atomic E-state index is 11.3. The van der Waals surface area contributed by atoms with Crippen LogP contribution in [-0.2, 0) is 20.9 Å². The molecule has 0 saturated heterocycles. The highest BCUT2D eigenvalue weighted by Crippen LogP contribution is 2.14. The third-order valence-corrected chi connectivity index (χ3v) is 2.93. The average molecular weight is 286 g/mol. The maximum atomic E-state index is 11.3. The molecule has 7 nitrogen and oxygen atoms in total. The summed E-state index contributed by atoms with van der Waals surface area (Å²) in [6, 6.07) is 3.18. The lowest BCUT2D eigenvalue weighted by atomic mass is 10.4. The van der Waals surface area contributed by atoms with Crippen LogP contribution in [-0.4, -0.2) is 36.2 Å². The van der Waals surface area contributed by atoms with Gasteiger partial charge in [-0.25, -0.2) is 9.59 Å². The predicted molar refractivity (Wildman–Crippen MR) is 67.9 cm³/mol. The lowest BCUT2D eigenvalue weighted by molar-refractivity contribution is -0.143. The standard InChI is InChI=1S/C11H14N2O5S/c1-7-2-3-8(19-7)4-12-11(17)13-9(14)5-18-6-10(15)16/h2-3H,4-6H2,1H3,(H,15,16)(H2,12,13,14,17). The fraction of sp³-hybridized carbons (Fsp3) is 0.364. The van der Waals surface area contributed by atoms with Crippen LogP contribution >= 0.6 is 11.3 Å². The van der Waals surface area contributed by atoms with Crippen molar-refractivity contribution < 1.29 is 24.2 Å². The lowest BCUT2D eigenvalue weighted by Crippen LogP contribution is -2.40. The van der Waals surface area contributed by atoms with E-state index >= 15 is 0 Å². The minimum atomic E-state index is -1.18. The molecule has 0 aliphatic rings. The Labute approximate surface area is 113 Å². The van der Waals surface area contributed by atoms with Gasteiger partial charge in [-0.1, -0.05) is 0 Å². The van der Waals surface area contributed by atoms with Crippen LogP contribution in [0.5, 0.6) is 0 Å². The van der Waals surface area contributed by atoms with E-state index in [4.69, 9.17) is 5.11 Å². The first-order chi connectivity index (χ1) is 8.97. The zero-order valence-electron chi connectivity index (χ0n) is 10.3. The van der Waals surface area contributed by atoms with E-state index in [-0.39, 0.29) is 0 Å². The van der Waals surface area contributed by atoms with Crippen LogP contribution in [0.2, 0.25) is 0 Å². The van der Waals surface area contributed by atoms with Crippen molar-refractivity contribution in [3.05, 3.63) is 21.9 Å². The molecule has 0 aromatic carbocycles. The zero-order chi connectivity index (χ0) is 14.3. The molecule has 1 aromatic rings. The smallest absolute Gasteiger partial charge is 0.329 e. The van der Waals surface area contributed by atoms with Gasteiger partial charge < -0.3 is 15.2 Å². The Morgan fingerprint density at radius 1 is 1.32 bits per heavy atom. The molecule has 1 aromatic heterocycles. The summed E-state index contributed by atoms with van der Waals surface area (Å²) in [5, 5.41) is 12.8. The number of carboxylic acid groups (broad SMARTS) is 1. The first-order valence-corrected chi connectivity index (χ1v) is 6.21. The van der Waals surface area contributed by atoms with Crippen molar-refractivity contribution in [1.82, 2.24) is 10.6 Å². The van der Waals surface area contributed by atoms with Crippen molar-refractivity contribution in [1.29, 1.82) is 0 Å².